The van der Waals surface area contributed by atoms with Crippen LogP contribution in [0.2, 0.25) is 0 Å². The molecular formula is C18H36O5. The largest absolute Gasteiger partial charge is 0.379 e. The molecule has 0 amide bonds. The first-order valence-corrected chi connectivity index (χ1v) is 9.27. The standard InChI is InChI=1S/C18H36O5/c1-5-8-11-20-14-15-16(21-12-9-6-2)17(18(19-4)23-15)22-13-10-7-3/h15-18H,5-14H2,1-4H3/t15-,16+,17-,18?/m0/s1. The topological polar surface area (TPSA) is 46.2 Å². The number of hydrogen-bond acceptors (Lipinski definition) is 5. The lowest BCUT2D eigenvalue weighted by molar-refractivity contribution is -0.168. The predicted molar refractivity (Wildman–Crippen MR) is 90.7 cm³/mol. The molecule has 23 heavy (non-hydrogen) atoms. The summed E-state index contributed by atoms with van der Waals surface area (Å²) in [7, 11) is 1.66. The summed E-state index contributed by atoms with van der Waals surface area (Å²) in [5.41, 5.74) is 0. The second-order valence-electron chi connectivity index (χ2n) is 6.09. The maximum Gasteiger partial charge on any atom is 0.186 e. The number of hydrogen-bond donors (Lipinski definition) is 0. The van der Waals surface area contributed by atoms with E-state index in [0.29, 0.717) is 13.2 Å². The first-order chi connectivity index (χ1) is 11.3. The molecule has 0 aromatic carbocycles. The van der Waals surface area contributed by atoms with E-state index in [1.165, 1.54) is 0 Å². The molecule has 0 bridgehead atoms. The molecule has 1 aliphatic rings. The van der Waals surface area contributed by atoms with E-state index in [0.717, 1.165) is 51.7 Å². The molecule has 0 radical (unpaired) electrons. The Morgan fingerprint density at radius 1 is 0.783 bits per heavy atom. The van der Waals surface area contributed by atoms with Crippen molar-refractivity contribution in [2.75, 3.05) is 33.5 Å². The highest BCUT2D eigenvalue weighted by Crippen LogP contribution is 2.28. The lowest BCUT2D eigenvalue weighted by atomic mass is 10.1. The van der Waals surface area contributed by atoms with Gasteiger partial charge in [-0.3, -0.25) is 0 Å². The first kappa shape index (κ1) is 20.8. The lowest BCUT2D eigenvalue weighted by Gasteiger charge is -2.24. The number of rotatable bonds is 14. The van der Waals surface area contributed by atoms with Crippen molar-refractivity contribution in [1.82, 2.24) is 0 Å². The molecule has 1 aliphatic heterocycles. The van der Waals surface area contributed by atoms with Crippen LogP contribution in [0.25, 0.3) is 0 Å². The summed E-state index contributed by atoms with van der Waals surface area (Å²) in [5.74, 6) is 0. The number of unbranched alkanes of at least 4 members (excludes halogenated alkanes) is 3. The van der Waals surface area contributed by atoms with E-state index >= 15 is 0 Å². The zero-order valence-electron chi connectivity index (χ0n) is 15.4. The van der Waals surface area contributed by atoms with Gasteiger partial charge in [-0.05, 0) is 19.3 Å². The van der Waals surface area contributed by atoms with Gasteiger partial charge >= 0.3 is 0 Å². The molecule has 138 valence electrons. The summed E-state index contributed by atoms with van der Waals surface area (Å²) in [4.78, 5) is 0. The summed E-state index contributed by atoms with van der Waals surface area (Å²) in [6.07, 6.45) is 5.69. The Balaban J connectivity index is 2.57. The molecule has 5 nitrogen and oxygen atoms in total. The Morgan fingerprint density at radius 3 is 1.91 bits per heavy atom. The third-order valence-corrected chi connectivity index (χ3v) is 4.04. The molecule has 0 aromatic heterocycles. The molecule has 0 aliphatic carbocycles. The van der Waals surface area contributed by atoms with E-state index in [4.69, 9.17) is 23.7 Å². The molecule has 0 aromatic rings. The zero-order valence-corrected chi connectivity index (χ0v) is 15.4. The molecule has 1 fully saturated rings. The van der Waals surface area contributed by atoms with Crippen molar-refractivity contribution >= 4 is 0 Å². The summed E-state index contributed by atoms with van der Waals surface area (Å²) in [6.45, 7) is 9.20. The van der Waals surface area contributed by atoms with E-state index in [1.807, 2.05) is 0 Å². The molecular weight excluding hydrogens is 296 g/mol. The van der Waals surface area contributed by atoms with Gasteiger partial charge in [0.05, 0.1) is 6.61 Å². The van der Waals surface area contributed by atoms with Crippen LogP contribution in [0.4, 0.5) is 0 Å². The minimum Gasteiger partial charge on any atom is -0.379 e. The maximum absolute atomic E-state index is 6.08. The van der Waals surface area contributed by atoms with E-state index in [1.54, 1.807) is 7.11 Å². The van der Waals surface area contributed by atoms with Crippen LogP contribution in [0, 0.1) is 0 Å². The van der Waals surface area contributed by atoms with E-state index in [-0.39, 0.29) is 24.6 Å². The Labute approximate surface area is 142 Å². The van der Waals surface area contributed by atoms with Gasteiger partial charge in [-0.2, -0.15) is 0 Å². The van der Waals surface area contributed by atoms with Gasteiger partial charge in [-0.15, -0.1) is 0 Å². The highest BCUT2D eigenvalue weighted by Gasteiger charge is 2.46. The van der Waals surface area contributed by atoms with Gasteiger partial charge in [-0.1, -0.05) is 40.0 Å². The van der Waals surface area contributed by atoms with Crippen molar-refractivity contribution in [1.29, 1.82) is 0 Å². The molecule has 4 atom stereocenters. The van der Waals surface area contributed by atoms with Crippen molar-refractivity contribution in [2.24, 2.45) is 0 Å². The highest BCUT2D eigenvalue weighted by atomic mass is 16.7. The van der Waals surface area contributed by atoms with Crippen molar-refractivity contribution in [3.05, 3.63) is 0 Å². The summed E-state index contributed by atoms with van der Waals surface area (Å²) in [5, 5.41) is 0. The van der Waals surface area contributed by atoms with E-state index in [2.05, 4.69) is 20.8 Å². The first-order valence-electron chi connectivity index (χ1n) is 9.27. The Morgan fingerprint density at radius 2 is 1.35 bits per heavy atom. The van der Waals surface area contributed by atoms with Crippen LogP contribution in [0.1, 0.15) is 59.3 Å². The fourth-order valence-corrected chi connectivity index (χ4v) is 2.57. The van der Waals surface area contributed by atoms with Crippen molar-refractivity contribution in [3.8, 4) is 0 Å². The van der Waals surface area contributed by atoms with Crippen LogP contribution in [-0.4, -0.2) is 58.1 Å². The summed E-state index contributed by atoms with van der Waals surface area (Å²) < 4.78 is 29.3. The van der Waals surface area contributed by atoms with Crippen LogP contribution < -0.4 is 0 Å². The van der Waals surface area contributed by atoms with Crippen LogP contribution in [-0.2, 0) is 23.7 Å². The average molecular weight is 332 g/mol. The van der Waals surface area contributed by atoms with E-state index < -0.39 is 0 Å². The smallest absolute Gasteiger partial charge is 0.186 e. The SMILES string of the molecule is CCCCOC[C@@H]1OC(OC)[C@@H](OCCCC)[C@@H]1OCCCC. The van der Waals surface area contributed by atoms with Crippen molar-refractivity contribution in [2.45, 2.75) is 83.9 Å². The molecule has 0 spiro atoms. The van der Waals surface area contributed by atoms with Gasteiger partial charge < -0.3 is 23.7 Å². The molecule has 1 rings (SSSR count). The van der Waals surface area contributed by atoms with Gasteiger partial charge in [0, 0.05) is 26.9 Å². The van der Waals surface area contributed by atoms with Gasteiger partial charge in [-0.25, -0.2) is 0 Å². The second-order valence-corrected chi connectivity index (χ2v) is 6.09. The third-order valence-electron chi connectivity index (χ3n) is 4.04. The fourth-order valence-electron chi connectivity index (χ4n) is 2.57. The van der Waals surface area contributed by atoms with E-state index in [9.17, 15) is 0 Å². The molecule has 0 N–H and O–H groups in total. The van der Waals surface area contributed by atoms with Crippen molar-refractivity contribution < 1.29 is 23.7 Å². The normalized spacial score (nSPS) is 27.7. The molecule has 1 heterocycles. The lowest BCUT2D eigenvalue weighted by Crippen LogP contribution is -2.40. The predicted octanol–water partition coefficient (Wildman–Crippen LogP) is 3.55. The monoisotopic (exact) mass is 332 g/mol. The molecule has 0 saturated carbocycles. The average Bonchev–Trinajstić information content (AvgIpc) is 2.89. The van der Waals surface area contributed by atoms with Gasteiger partial charge in [0.25, 0.3) is 0 Å². The minimum atomic E-state index is -0.377. The van der Waals surface area contributed by atoms with Crippen LogP contribution in [0.3, 0.4) is 0 Å². The molecule has 1 unspecified atom stereocenters. The Bertz CT molecular complexity index is 274. The second kappa shape index (κ2) is 13.1. The quantitative estimate of drug-likeness (QED) is 0.455. The zero-order chi connectivity index (χ0) is 16.9. The summed E-state index contributed by atoms with van der Waals surface area (Å²) >= 11 is 0. The maximum atomic E-state index is 6.08. The fraction of sp³-hybridized carbons (Fsp3) is 1.00. The summed E-state index contributed by atoms with van der Waals surface area (Å²) in [6, 6.07) is 0. The van der Waals surface area contributed by atoms with Gasteiger partial charge in [0.1, 0.15) is 18.3 Å². The Kier molecular flexibility index (Phi) is 11.9. The Hall–Kier alpha value is -0.200. The highest BCUT2D eigenvalue weighted by molar-refractivity contribution is 4.89. The van der Waals surface area contributed by atoms with Crippen LogP contribution >= 0.6 is 0 Å². The number of ether oxygens (including phenoxy) is 5. The third kappa shape index (κ3) is 7.48. The minimum absolute atomic E-state index is 0.120. The van der Waals surface area contributed by atoms with Gasteiger partial charge in [0.2, 0.25) is 0 Å². The van der Waals surface area contributed by atoms with Crippen LogP contribution in [0.5, 0.6) is 0 Å². The van der Waals surface area contributed by atoms with Crippen LogP contribution in [0.15, 0.2) is 0 Å². The van der Waals surface area contributed by atoms with Gasteiger partial charge in [0.15, 0.2) is 6.29 Å². The molecule has 1 saturated heterocycles. The molecule has 5 heteroatoms. The van der Waals surface area contributed by atoms with Crippen molar-refractivity contribution in [3.63, 3.8) is 0 Å². The number of methoxy groups -OCH3 is 1.